The number of carbonyl (C=O) groups excluding carboxylic acids is 1. The fraction of sp³-hybridized carbons (Fsp3) is 0.412. The van der Waals surface area contributed by atoms with E-state index >= 15 is 0 Å². The fourth-order valence-electron chi connectivity index (χ4n) is 2.75. The number of thiophene rings is 1. The number of nitrogens with zero attached hydrogens (tertiary/aromatic N) is 1. The molecule has 3 nitrogen and oxygen atoms in total. The molecule has 3 rings (SSSR count). The van der Waals surface area contributed by atoms with E-state index in [2.05, 4.69) is 16.4 Å². The van der Waals surface area contributed by atoms with Crippen molar-refractivity contribution in [3.63, 3.8) is 0 Å². The van der Waals surface area contributed by atoms with E-state index in [1.54, 1.807) is 17.5 Å². The third kappa shape index (κ3) is 3.32. The molecule has 0 saturated heterocycles. The molecular weight excluding hydrogens is 280 g/mol. The van der Waals surface area contributed by atoms with Crippen LogP contribution in [0.4, 0.5) is 0 Å². The number of pyridine rings is 1. The van der Waals surface area contributed by atoms with Gasteiger partial charge in [0.15, 0.2) is 0 Å². The molecule has 1 amide bonds. The monoisotopic (exact) mass is 300 g/mol. The Kier molecular flexibility index (Phi) is 4.34. The van der Waals surface area contributed by atoms with Gasteiger partial charge in [-0.05, 0) is 56.4 Å². The van der Waals surface area contributed by atoms with E-state index in [0.29, 0.717) is 0 Å². The molecule has 0 bridgehead atoms. The van der Waals surface area contributed by atoms with E-state index < -0.39 is 0 Å². The topological polar surface area (TPSA) is 42.0 Å². The van der Waals surface area contributed by atoms with E-state index in [0.717, 1.165) is 23.4 Å². The minimum atomic E-state index is -0.0689. The number of hydrogen-bond donors (Lipinski definition) is 1. The van der Waals surface area contributed by atoms with Gasteiger partial charge < -0.3 is 5.32 Å². The van der Waals surface area contributed by atoms with Gasteiger partial charge in [-0.2, -0.15) is 0 Å². The molecule has 0 unspecified atom stereocenters. The molecule has 110 valence electrons. The van der Waals surface area contributed by atoms with Crippen molar-refractivity contribution in [1.29, 1.82) is 0 Å². The Hall–Kier alpha value is -1.68. The summed E-state index contributed by atoms with van der Waals surface area (Å²) in [4.78, 5) is 18.9. The molecule has 0 radical (unpaired) electrons. The molecule has 1 aliphatic rings. The second-order valence-electron chi connectivity index (χ2n) is 5.57. The Bertz CT molecular complexity index is 597. The summed E-state index contributed by atoms with van der Waals surface area (Å²) in [6, 6.07) is 7.79. The minimum absolute atomic E-state index is 0.0197. The van der Waals surface area contributed by atoms with Gasteiger partial charge in [0.1, 0.15) is 0 Å². The number of fused-ring (bicyclic) bond motifs is 1. The predicted octanol–water partition coefficient (Wildman–Crippen LogP) is 3.90. The van der Waals surface area contributed by atoms with Crippen LogP contribution in [0.3, 0.4) is 0 Å². The number of aryl methyl sites for hydroxylation is 2. The zero-order valence-electron chi connectivity index (χ0n) is 12.3. The first kappa shape index (κ1) is 14.3. The van der Waals surface area contributed by atoms with Crippen LogP contribution in [-0.2, 0) is 12.8 Å². The molecule has 0 spiro atoms. The average molecular weight is 300 g/mol. The minimum Gasteiger partial charge on any atom is -0.343 e. The summed E-state index contributed by atoms with van der Waals surface area (Å²) in [6.07, 6.45) is 7.80. The van der Waals surface area contributed by atoms with Crippen LogP contribution < -0.4 is 5.32 Å². The summed E-state index contributed by atoms with van der Waals surface area (Å²) in [5.74, 6) is 0.0197. The Labute approximate surface area is 129 Å². The van der Waals surface area contributed by atoms with Gasteiger partial charge in [0.05, 0.1) is 16.6 Å². The number of carbonyl (C=O) groups is 1. The van der Waals surface area contributed by atoms with Gasteiger partial charge in [-0.3, -0.25) is 9.78 Å². The van der Waals surface area contributed by atoms with Crippen LogP contribution >= 0.6 is 11.3 Å². The number of amides is 1. The van der Waals surface area contributed by atoms with E-state index in [1.807, 2.05) is 25.1 Å². The summed E-state index contributed by atoms with van der Waals surface area (Å²) < 4.78 is 0. The van der Waals surface area contributed by atoms with Crippen LogP contribution in [0, 0.1) is 0 Å². The maximum absolute atomic E-state index is 12.4. The first-order valence-corrected chi connectivity index (χ1v) is 8.39. The fourth-order valence-corrected chi connectivity index (χ4v) is 3.91. The lowest BCUT2D eigenvalue weighted by molar-refractivity contribution is 0.0943. The smallest absolute Gasteiger partial charge is 0.261 e. The third-order valence-corrected chi connectivity index (χ3v) is 5.19. The van der Waals surface area contributed by atoms with Gasteiger partial charge in [-0.15, -0.1) is 11.3 Å². The van der Waals surface area contributed by atoms with Crippen LogP contribution in [-0.4, -0.2) is 10.9 Å². The first-order valence-electron chi connectivity index (χ1n) is 7.57. The molecule has 1 aliphatic carbocycles. The van der Waals surface area contributed by atoms with Crippen molar-refractivity contribution in [2.45, 2.75) is 45.1 Å². The molecule has 1 atom stereocenters. The molecule has 1 N–H and O–H groups in total. The highest BCUT2D eigenvalue weighted by Crippen LogP contribution is 2.29. The summed E-state index contributed by atoms with van der Waals surface area (Å²) in [7, 11) is 0. The van der Waals surface area contributed by atoms with Crippen molar-refractivity contribution in [1.82, 2.24) is 10.3 Å². The van der Waals surface area contributed by atoms with Gasteiger partial charge in [0.25, 0.3) is 5.91 Å². The quantitative estimate of drug-likeness (QED) is 0.873. The number of hydrogen-bond acceptors (Lipinski definition) is 3. The number of rotatable bonds is 3. The van der Waals surface area contributed by atoms with Crippen LogP contribution in [0.15, 0.2) is 30.5 Å². The molecule has 0 fully saturated rings. The van der Waals surface area contributed by atoms with Gasteiger partial charge in [0, 0.05) is 11.1 Å². The van der Waals surface area contributed by atoms with Gasteiger partial charge in [-0.1, -0.05) is 12.5 Å². The number of aromatic nitrogens is 1. The molecule has 0 aliphatic heterocycles. The zero-order chi connectivity index (χ0) is 14.7. The maximum Gasteiger partial charge on any atom is 0.261 e. The standard InChI is InChI=1S/C17H20N2OS/c1-12(14-8-5-6-10-18-14)19-17(20)16-11-13-7-3-2-4-9-15(13)21-16/h5-6,8,10-12H,2-4,7,9H2,1H3,(H,19,20)/t12-/m1/s1. The largest absolute Gasteiger partial charge is 0.343 e. The number of nitrogens with one attached hydrogen (secondary N) is 1. The summed E-state index contributed by atoms with van der Waals surface area (Å²) in [5.41, 5.74) is 2.28. The van der Waals surface area contributed by atoms with Gasteiger partial charge >= 0.3 is 0 Å². The zero-order valence-corrected chi connectivity index (χ0v) is 13.1. The van der Waals surface area contributed by atoms with E-state index in [4.69, 9.17) is 0 Å². The molecule has 2 aromatic rings. The highest BCUT2D eigenvalue weighted by atomic mass is 32.1. The van der Waals surface area contributed by atoms with Crippen LogP contribution in [0.25, 0.3) is 0 Å². The van der Waals surface area contributed by atoms with Gasteiger partial charge in [-0.25, -0.2) is 0 Å². The molecule has 2 heterocycles. The van der Waals surface area contributed by atoms with Crippen molar-refractivity contribution in [2.75, 3.05) is 0 Å². The maximum atomic E-state index is 12.4. The van der Waals surface area contributed by atoms with Crippen molar-refractivity contribution in [3.8, 4) is 0 Å². The lowest BCUT2D eigenvalue weighted by Gasteiger charge is -2.12. The molecule has 4 heteroatoms. The Morgan fingerprint density at radius 2 is 2.14 bits per heavy atom. The second-order valence-corrected chi connectivity index (χ2v) is 6.71. The Morgan fingerprint density at radius 1 is 1.29 bits per heavy atom. The lowest BCUT2D eigenvalue weighted by Crippen LogP contribution is -2.26. The van der Waals surface area contributed by atoms with Crippen LogP contribution in [0.1, 0.15) is 58.0 Å². The van der Waals surface area contributed by atoms with E-state index in [9.17, 15) is 4.79 Å². The first-order chi connectivity index (χ1) is 10.2. The Morgan fingerprint density at radius 3 is 2.95 bits per heavy atom. The molecular formula is C17H20N2OS. The lowest BCUT2D eigenvalue weighted by atomic mass is 10.1. The highest BCUT2D eigenvalue weighted by molar-refractivity contribution is 7.14. The second kappa shape index (κ2) is 6.39. The van der Waals surface area contributed by atoms with Crippen molar-refractivity contribution >= 4 is 17.2 Å². The average Bonchev–Trinajstić information content (AvgIpc) is 2.79. The van der Waals surface area contributed by atoms with Gasteiger partial charge in [0.2, 0.25) is 0 Å². The predicted molar refractivity (Wildman–Crippen MR) is 85.7 cm³/mol. The SMILES string of the molecule is C[C@@H](NC(=O)c1cc2c(s1)CCCCC2)c1ccccn1. The highest BCUT2D eigenvalue weighted by Gasteiger charge is 2.18. The summed E-state index contributed by atoms with van der Waals surface area (Å²) in [5, 5.41) is 3.05. The molecule has 2 aromatic heterocycles. The molecule has 0 aromatic carbocycles. The normalized spacial score (nSPS) is 15.9. The van der Waals surface area contributed by atoms with Crippen molar-refractivity contribution in [3.05, 3.63) is 51.5 Å². The summed E-state index contributed by atoms with van der Waals surface area (Å²) in [6.45, 7) is 1.97. The van der Waals surface area contributed by atoms with Crippen molar-refractivity contribution < 1.29 is 4.79 Å². The van der Waals surface area contributed by atoms with Crippen LogP contribution in [0.2, 0.25) is 0 Å². The summed E-state index contributed by atoms with van der Waals surface area (Å²) >= 11 is 1.66. The third-order valence-electron chi connectivity index (χ3n) is 3.95. The Balaban J connectivity index is 1.71. The van der Waals surface area contributed by atoms with E-state index in [1.165, 1.54) is 29.7 Å². The van der Waals surface area contributed by atoms with Crippen molar-refractivity contribution in [2.24, 2.45) is 0 Å². The van der Waals surface area contributed by atoms with E-state index in [-0.39, 0.29) is 11.9 Å². The molecule has 21 heavy (non-hydrogen) atoms. The van der Waals surface area contributed by atoms with Crippen LogP contribution in [0.5, 0.6) is 0 Å². The molecule has 0 saturated carbocycles.